The van der Waals surface area contributed by atoms with Crippen LogP contribution < -0.4 is 5.32 Å². The number of nitrogens with one attached hydrogen (secondary N) is 1. The van der Waals surface area contributed by atoms with Crippen LogP contribution in [0.15, 0.2) is 22.7 Å². The van der Waals surface area contributed by atoms with Crippen molar-refractivity contribution in [3.63, 3.8) is 0 Å². The molecular formula is C15H18BrNO4. The molecule has 3 N–H and O–H groups in total. The highest BCUT2D eigenvalue weighted by Crippen LogP contribution is 2.32. The first-order chi connectivity index (χ1) is 9.92. The quantitative estimate of drug-likeness (QED) is 0.774. The van der Waals surface area contributed by atoms with E-state index in [0.29, 0.717) is 17.3 Å². The molecule has 0 bridgehead atoms. The van der Waals surface area contributed by atoms with E-state index < -0.39 is 17.4 Å². The minimum atomic E-state index is -0.921. The Balaban J connectivity index is 2.21. The van der Waals surface area contributed by atoms with Crippen LogP contribution >= 0.6 is 15.9 Å². The van der Waals surface area contributed by atoms with E-state index in [4.69, 9.17) is 5.11 Å². The molecule has 1 aliphatic rings. The molecule has 0 saturated heterocycles. The van der Waals surface area contributed by atoms with Crippen LogP contribution in [0, 0.1) is 0 Å². The molecule has 0 unspecified atom stereocenters. The Hall–Kier alpha value is -1.56. The fraction of sp³-hybridized carbons (Fsp3) is 0.467. The minimum Gasteiger partial charge on any atom is -0.507 e. The van der Waals surface area contributed by atoms with Crippen LogP contribution in [0.4, 0.5) is 0 Å². The summed E-state index contributed by atoms with van der Waals surface area (Å²) < 4.78 is 0.682. The van der Waals surface area contributed by atoms with Crippen molar-refractivity contribution in [1.82, 2.24) is 5.32 Å². The number of phenols is 1. The second kappa shape index (κ2) is 6.47. The zero-order chi connectivity index (χ0) is 15.5. The van der Waals surface area contributed by atoms with Crippen LogP contribution in [-0.4, -0.2) is 27.6 Å². The molecule has 0 aromatic heterocycles. The van der Waals surface area contributed by atoms with Crippen molar-refractivity contribution >= 4 is 27.8 Å². The Bertz CT molecular complexity index is 553. The molecule has 0 radical (unpaired) electrons. The molecule has 2 rings (SSSR count). The number of hydrogen-bond acceptors (Lipinski definition) is 3. The summed E-state index contributed by atoms with van der Waals surface area (Å²) in [6, 6.07) is 4.60. The van der Waals surface area contributed by atoms with E-state index in [1.165, 1.54) is 12.1 Å². The lowest BCUT2D eigenvalue weighted by molar-refractivity contribution is -0.139. The fourth-order valence-electron chi connectivity index (χ4n) is 2.86. The van der Waals surface area contributed by atoms with E-state index in [9.17, 15) is 14.7 Å². The van der Waals surface area contributed by atoms with E-state index in [2.05, 4.69) is 21.2 Å². The van der Waals surface area contributed by atoms with Gasteiger partial charge in [-0.25, -0.2) is 0 Å². The summed E-state index contributed by atoms with van der Waals surface area (Å²) in [7, 11) is 0. The summed E-state index contributed by atoms with van der Waals surface area (Å²) in [4.78, 5) is 23.5. The average molecular weight is 356 g/mol. The third-order valence-electron chi connectivity index (χ3n) is 3.88. The van der Waals surface area contributed by atoms with Crippen molar-refractivity contribution in [2.24, 2.45) is 0 Å². The van der Waals surface area contributed by atoms with Gasteiger partial charge >= 0.3 is 5.97 Å². The molecule has 0 aliphatic heterocycles. The van der Waals surface area contributed by atoms with Crippen molar-refractivity contribution in [3.05, 3.63) is 28.2 Å². The first-order valence-electron chi connectivity index (χ1n) is 6.95. The van der Waals surface area contributed by atoms with Crippen molar-refractivity contribution in [3.8, 4) is 5.75 Å². The number of aliphatic carboxylic acids is 1. The highest BCUT2D eigenvalue weighted by atomic mass is 79.9. The number of carbonyl (C=O) groups is 2. The maximum atomic E-state index is 12.4. The van der Waals surface area contributed by atoms with Gasteiger partial charge in [0, 0.05) is 4.47 Å². The van der Waals surface area contributed by atoms with Crippen molar-refractivity contribution in [2.45, 2.75) is 44.1 Å². The molecule has 1 aromatic rings. The Morgan fingerprint density at radius 2 is 1.90 bits per heavy atom. The van der Waals surface area contributed by atoms with E-state index in [1.54, 1.807) is 6.07 Å². The van der Waals surface area contributed by atoms with Crippen LogP contribution in [0.5, 0.6) is 5.75 Å². The van der Waals surface area contributed by atoms with Crippen molar-refractivity contribution in [2.75, 3.05) is 0 Å². The first-order valence-corrected chi connectivity index (χ1v) is 7.74. The molecule has 0 atom stereocenters. The smallest absolute Gasteiger partial charge is 0.305 e. The van der Waals surface area contributed by atoms with Crippen LogP contribution in [0.25, 0.3) is 0 Å². The number of aromatic hydroxyl groups is 1. The van der Waals surface area contributed by atoms with Gasteiger partial charge < -0.3 is 15.5 Å². The minimum absolute atomic E-state index is 0.0898. The summed E-state index contributed by atoms with van der Waals surface area (Å²) in [6.07, 6.45) is 4.07. The van der Waals surface area contributed by atoms with Crippen LogP contribution in [0.1, 0.15) is 48.9 Å². The molecule has 5 nitrogen and oxygen atoms in total. The molecule has 114 valence electrons. The summed E-state index contributed by atoms with van der Waals surface area (Å²) in [5, 5.41) is 21.8. The van der Waals surface area contributed by atoms with Gasteiger partial charge in [-0.05, 0) is 31.0 Å². The molecule has 0 heterocycles. The molecule has 1 fully saturated rings. The lowest BCUT2D eigenvalue weighted by atomic mass is 9.79. The largest absolute Gasteiger partial charge is 0.507 e. The second-order valence-electron chi connectivity index (χ2n) is 5.53. The van der Waals surface area contributed by atoms with Gasteiger partial charge in [-0.15, -0.1) is 0 Å². The Kier molecular flexibility index (Phi) is 4.88. The third kappa shape index (κ3) is 3.97. The summed E-state index contributed by atoms with van der Waals surface area (Å²) in [5.74, 6) is -1.47. The lowest BCUT2D eigenvalue weighted by Crippen LogP contribution is -2.51. The summed E-state index contributed by atoms with van der Waals surface area (Å²) in [5.41, 5.74) is -0.560. The zero-order valence-corrected chi connectivity index (χ0v) is 13.1. The Labute approximate surface area is 131 Å². The number of rotatable bonds is 4. The average Bonchev–Trinajstić information content (AvgIpc) is 2.41. The Morgan fingerprint density at radius 3 is 2.52 bits per heavy atom. The number of phenolic OH excluding ortho intramolecular Hbond substituents is 1. The monoisotopic (exact) mass is 355 g/mol. The van der Waals surface area contributed by atoms with E-state index in [-0.39, 0.29) is 17.7 Å². The summed E-state index contributed by atoms with van der Waals surface area (Å²) >= 11 is 3.26. The number of carboxylic acids is 1. The fourth-order valence-corrected chi connectivity index (χ4v) is 3.22. The molecular weight excluding hydrogens is 338 g/mol. The van der Waals surface area contributed by atoms with Gasteiger partial charge in [0.15, 0.2) is 0 Å². The molecule has 1 aliphatic carbocycles. The van der Waals surface area contributed by atoms with E-state index >= 15 is 0 Å². The van der Waals surface area contributed by atoms with Gasteiger partial charge in [-0.1, -0.05) is 35.2 Å². The van der Waals surface area contributed by atoms with Crippen molar-refractivity contribution in [1.29, 1.82) is 0 Å². The second-order valence-corrected chi connectivity index (χ2v) is 6.44. The number of carboxylic acid groups (broad SMARTS) is 1. The van der Waals surface area contributed by atoms with E-state index in [1.807, 2.05) is 0 Å². The number of benzene rings is 1. The highest BCUT2D eigenvalue weighted by molar-refractivity contribution is 9.10. The molecule has 21 heavy (non-hydrogen) atoms. The van der Waals surface area contributed by atoms with Gasteiger partial charge in [0.1, 0.15) is 5.75 Å². The van der Waals surface area contributed by atoms with Crippen LogP contribution in [0.2, 0.25) is 0 Å². The third-order valence-corrected chi connectivity index (χ3v) is 4.38. The first kappa shape index (κ1) is 15.8. The predicted molar refractivity (Wildman–Crippen MR) is 81.3 cm³/mol. The standard InChI is InChI=1S/C15H18BrNO4/c16-10-4-5-12(18)11(8-10)14(21)17-15(9-13(19)20)6-2-1-3-7-15/h4-5,8,18H,1-3,6-7,9H2,(H,17,21)(H,19,20). The summed E-state index contributed by atoms with van der Waals surface area (Å²) in [6.45, 7) is 0. The molecule has 0 spiro atoms. The van der Waals surface area contributed by atoms with Gasteiger partial charge in [0.25, 0.3) is 5.91 Å². The van der Waals surface area contributed by atoms with Crippen molar-refractivity contribution < 1.29 is 19.8 Å². The SMILES string of the molecule is O=C(O)CC1(NC(=O)c2cc(Br)ccc2O)CCCCC1. The normalized spacial score (nSPS) is 17.2. The van der Waals surface area contributed by atoms with Crippen LogP contribution in [-0.2, 0) is 4.79 Å². The van der Waals surface area contributed by atoms with Crippen LogP contribution in [0.3, 0.4) is 0 Å². The number of hydrogen-bond donors (Lipinski definition) is 3. The highest BCUT2D eigenvalue weighted by Gasteiger charge is 2.36. The molecule has 1 saturated carbocycles. The Morgan fingerprint density at radius 1 is 1.24 bits per heavy atom. The van der Waals surface area contributed by atoms with Gasteiger partial charge in [0.2, 0.25) is 0 Å². The molecule has 1 aromatic carbocycles. The van der Waals surface area contributed by atoms with E-state index in [0.717, 1.165) is 19.3 Å². The van der Waals surface area contributed by atoms with Gasteiger partial charge in [0.05, 0.1) is 17.5 Å². The number of halogens is 1. The lowest BCUT2D eigenvalue weighted by Gasteiger charge is -2.37. The van der Waals surface area contributed by atoms with Gasteiger partial charge in [-0.2, -0.15) is 0 Å². The molecule has 6 heteroatoms. The molecule has 1 amide bonds. The maximum absolute atomic E-state index is 12.4. The number of carbonyl (C=O) groups excluding carboxylic acids is 1. The van der Waals surface area contributed by atoms with Gasteiger partial charge in [-0.3, -0.25) is 9.59 Å². The predicted octanol–water partition coefficient (Wildman–Crippen LogP) is 3.06. The zero-order valence-electron chi connectivity index (χ0n) is 11.6. The number of amides is 1. The topological polar surface area (TPSA) is 86.6 Å². The maximum Gasteiger partial charge on any atom is 0.305 e.